The van der Waals surface area contributed by atoms with Crippen LogP contribution in [-0.2, 0) is 16.0 Å². The Hall–Kier alpha value is -1.51. The third kappa shape index (κ3) is 6.26. The summed E-state index contributed by atoms with van der Waals surface area (Å²) in [5, 5.41) is 6.61. The number of guanidine groups is 1. The standard InChI is InChI=1S/C19H28BrN3O4/c1-2-21-19(22-6-4-7-24-12-15-5-3-8-25-15)23-11-14-9-16(20)18-17(10-14)26-13-27-18/h9-10,15H,2-8,11-13H2,1H3,(H2,21,22,23). The van der Waals surface area contributed by atoms with Gasteiger partial charge in [-0.1, -0.05) is 0 Å². The zero-order valence-electron chi connectivity index (χ0n) is 15.8. The molecule has 0 aliphatic carbocycles. The van der Waals surface area contributed by atoms with Gasteiger partial charge in [-0.25, -0.2) is 4.99 Å². The second-order valence-electron chi connectivity index (χ2n) is 6.50. The number of ether oxygens (including phenoxy) is 4. The van der Waals surface area contributed by atoms with Crippen LogP contribution in [0.15, 0.2) is 21.6 Å². The molecule has 0 saturated carbocycles. The predicted octanol–water partition coefficient (Wildman–Crippen LogP) is 2.82. The van der Waals surface area contributed by atoms with Gasteiger partial charge < -0.3 is 29.6 Å². The molecule has 7 nitrogen and oxygen atoms in total. The zero-order chi connectivity index (χ0) is 18.9. The molecule has 2 N–H and O–H groups in total. The van der Waals surface area contributed by atoms with Gasteiger partial charge in [-0.15, -0.1) is 0 Å². The number of halogens is 1. The van der Waals surface area contributed by atoms with Gasteiger partial charge in [0.15, 0.2) is 17.5 Å². The van der Waals surface area contributed by atoms with Crippen LogP contribution in [0.4, 0.5) is 0 Å². The van der Waals surface area contributed by atoms with Crippen molar-refractivity contribution < 1.29 is 18.9 Å². The Labute approximate surface area is 168 Å². The summed E-state index contributed by atoms with van der Waals surface area (Å²) in [5.41, 5.74) is 1.06. The topological polar surface area (TPSA) is 73.3 Å². The average molecular weight is 442 g/mol. The summed E-state index contributed by atoms with van der Waals surface area (Å²) >= 11 is 3.52. The molecule has 2 aliphatic rings. The van der Waals surface area contributed by atoms with Crippen molar-refractivity contribution in [3.05, 3.63) is 22.2 Å². The van der Waals surface area contributed by atoms with E-state index in [2.05, 4.69) is 38.5 Å². The van der Waals surface area contributed by atoms with Crippen LogP contribution < -0.4 is 20.1 Å². The number of benzene rings is 1. The Kier molecular flexibility index (Phi) is 8.04. The van der Waals surface area contributed by atoms with E-state index in [0.29, 0.717) is 13.2 Å². The van der Waals surface area contributed by atoms with Crippen molar-refractivity contribution in [3.8, 4) is 11.5 Å². The SMILES string of the molecule is CCNC(=NCc1cc(Br)c2c(c1)OCO2)NCCCOCC1CCCO1. The first-order valence-electron chi connectivity index (χ1n) is 9.56. The van der Waals surface area contributed by atoms with Gasteiger partial charge in [0.05, 0.1) is 23.7 Å². The molecule has 1 aromatic carbocycles. The number of fused-ring (bicyclic) bond motifs is 1. The van der Waals surface area contributed by atoms with Crippen LogP contribution in [0.25, 0.3) is 0 Å². The lowest BCUT2D eigenvalue weighted by atomic mass is 10.2. The summed E-state index contributed by atoms with van der Waals surface area (Å²) in [6.45, 7) is 6.79. The number of nitrogens with zero attached hydrogens (tertiary/aromatic N) is 1. The van der Waals surface area contributed by atoms with E-state index in [0.717, 1.165) is 73.1 Å². The highest BCUT2D eigenvalue weighted by molar-refractivity contribution is 9.10. The molecule has 1 atom stereocenters. The molecule has 1 fully saturated rings. The fourth-order valence-corrected chi connectivity index (χ4v) is 3.60. The van der Waals surface area contributed by atoms with E-state index in [4.69, 9.17) is 18.9 Å². The second kappa shape index (κ2) is 10.7. The molecule has 2 aliphatic heterocycles. The van der Waals surface area contributed by atoms with E-state index >= 15 is 0 Å². The minimum atomic E-state index is 0.264. The number of hydrogen-bond donors (Lipinski definition) is 2. The molecular weight excluding hydrogens is 414 g/mol. The molecule has 0 spiro atoms. The first-order valence-corrected chi connectivity index (χ1v) is 10.3. The monoisotopic (exact) mass is 441 g/mol. The van der Waals surface area contributed by atoms with Gasteiger partial charge in [-0.2, -0.15) is 0 Å². The number of hydrogen-bond acceptors (Lipinski definition) is 5. The van der Waals surface area contributed by atoms with Gasteiger partial charge in [0.1, 0.15) is 0 Å². The molecule has 1 unspecified atom stereocenters. The normalized spacial score (nSPS) is 18.7. The summed E-state index contributed by atoms with van der Waals surface area (Å²) in [7, 11) is 0. The third-order valence-electron chi connectivity index (χ3n) is 4.34. The second-order valence-corrected chi connectivity index (χ2v) is 7.35. The summed E-state index contributed by atoms with van der Waals surface area (Å²) in [6, 6.07) is 3.98. The van der Waals surface area contributed by atoms with E-state index in [1.165, 1.54) is 0 Å². The molecule has 0 radical (unpaired) electrons. The fourth-order valence-electron chi connectivity index (χ4n) is 3.00. The maximum Gasteiger partial charge on any atom is 0.231 e. The first-order chi connectivity index (χ1) is 13.3. The Balaban J connectivity index is 1.40. The maximum absolute atomic E-state index is 5.69. The fraction of sp³-hybridized carbons (Fsp3) is 0.632. The Morgan fingerprint density at radius 3 is 3.07 bits per heavy atom. The van der Waals surface area contributed by atoms with E-state index in [-0.39, 0.29) is 12.9 Å². The molecule has 1 saturated heterocycles. The lowest BCUT2D eigenvalue weighted by Gasteiger charge is -2.13. The Morgan fingerprint density at radius 2 is 2.26 bits per heavy atom. The third-order valence-corrected chi connectivity index (χ3v) is 4.93. The van der Waals surface area contributed by atoms with Crippen LogP contribution >= 0.6 is 15.9 Å². The lowest BCUT2D eigenvalue weighted by molar-refractivity contribution is 0.0168. The quantitative estimate of drug-likeness (QED) is 0.348. The van der Waals surface area contributed by atoms with Gasteiger partial charge in [0, 0.05) is 26.3 Å². The minimum absolute atomic E-state index is 0.264. The highest BCUT2D eigenvalue weighted by atomic mass is 79.9. The van der Waals surface area contributed by atoms with Gasteiger partial charge in [-0.05, 0) is 59.8 Å². The summed E-state index contributed by atoms with van der Waals surface area (Å²) in [6.07, 6.45) is 3.48. The molecule has 2 heterocycles. The highest BCUT2D eigenvalue weighted by Gasteiger charge is 2.18. The minimum Gasteiger partial charge on any atom is -0.454 e. The van der Waals surface area contributed by atoms with Crippen molar-refractivity contribution in [3.63, 3.8) is 0 Å². The average Bonchev–Trinajstić information content (AvgIpc) is 3.34. The summed E-state index contributed by atoms with van der Waals surface area (Å²) in [4.78, 5) is 4.65. The highest BCUT2D eigenvalue weighted by Crippen LogP contribution is 2.40. The molecule has 0 aromatic heterocycles. The van der Waals surface area contributed by atoms with E-state index < -0.39 is 0 Å². The summed E-state index contributed by atoms with van der Waals surface area (Å²) < 4.78 is 23.0. The number of nitrogens with one attached hydrogen (secondary N) is 2. The molecule has 3 rings (SSSR count). The molecule has 150 valence electrons. The van der Waals surface area contributed by atoms with Crippen LogP contribution in [0.3, 0.4) is 0 Å². The largest absolute Gasteiger partial charge is 0.454 e. The van der Waals surface area contributed by atoms with Gasteiger partial charge in [0.25, 0.3) is 0 Å². The Bertz CT molecular complexity index is 636. The molecule has 27 heavy (non-hydrogen) atoms. The van der Waals surface area contributed by atoms with Crippen molar-refractivity contribution in [2.45, 2.75) is 38.8 Å². The van der Waals surface area contributed by atoms with Crippen molar-refractivity contribution in [1.82, 2.24) is 10.6 Å². The Morgan fingerprint density at radius 1 is 1.33 bits per heavy atom. The van der Waals surface area contributed by atoms with E-state index in [9.17, 15) is 0 Å². The van der Waals surface area contributed by atoms with Gasteiger partial charge in [-0.3, -0.25) is 0 Å². The van der Waals surface area contributed by atoms with E-state index in [1.54, 1.807) is 0 Å². The lowest BCUT2D eigenvalue weighted by Crippen LogP contribution is -2.38. The predicted molar refractivity (Wildman–Crippen MR) is 107 cm³/mol. The van der Waals surface area contributed by atoms with Gasteiger partial charge >= 0.3 is 0 Å². The maximum atomic E-state index is 5.69. The van der Waals surface area contributed by atoms with Crippen LogP contribution in [-0.4, -0.2) is 51.8 Å². The first kappa shape index (κ1) is 20.2. The van der Waals surface area contributed by atoms with Crippen LogP contribution in [0.5, 0.6) is 11.5 Å². The summed E-state index contributed by atoms with van der Waals surface area (Å²) in [5.74, 6) is 2.32. The van der Waals surface area contributed by atoms with E-state index in [1.807, 2.05) is 12.1 Å². The van der Waals surface area contributed by atoms with Crippen molar-refractivity contribution in [1.29, 1.82) is 0 Å². The van der Waals surface area contributed by atoms with Crippen molar-refractivity contribution in [2.24, 2.45) is 4.99 Å². The van der Waals surface area contributed by atoms with Crippen molar-refractivity contribution in [2.75, 3.05) is 39.7 Å². The van der Waals surface area contributed by atoms with Crippen LogP contribution in [0.2, 0.25) is 0 Å². The smallest absolute Gasteiger partial charge is 0.231 e. The number of aliphatic imine (C=N–C) groups is 1. The molecule has 0 bridgehead atoms. The number of rotatable bonds is 9. The van der Waals surface area contributed by atoms with Crippen molar-refractivity contribution >= 4 is 21.9 Å². The molecule has 8 heteroatoms. The van der Waals surface area contributed by atoms with Gasteiger partial charge in [0.2, 0.25) is 6.79 Å². The molecule has 1 aromatic rings. The zero-order valence-corrected chi connectivity index (χ0v) is 17.3. The molecule has 0 amide bonds. The van der Waals surface area contributed by atoms with Crippen LogP contribution in [0.1, 0.15) is 31.7 Å². The molecular formula is C19H28BrN3O4. The van der Waals surface area contributed by atoms with Crippen LogP contribution in [0, 0.1) is 0 Å².